The molecule has 0 N–H and O–H groups in total. The van der Waals surface area contributed by atoms with E-state index in [0.29, 0.717) is 29.0 Å². The zero-order chi connectivity index (χ0) is 20.4. The van der Waals surface area contributed by atoms with Crippen molar-refractivity contribution >= 4 is 6.08 Å². The number of halogens is 3. The second kappa shape index (κ2) is 8.13. The smallest absolute Gasteiger partial charge is 0.167 e. The molecule has 0 spiro atoms. The van der Waals surface area contributed by atoms with Gasteiger partial charge in [0, 0.05) is 16.7 Å². The van der Waals surface area contributed by atoms with Crippen molar-refractivity contribution in [1.29, 1.82) is 0 Å². The molecule has 3 aromatic carbocycles. The molecule has 0 radical (unpaired) electrons. The zero-order valence-electron chi connectivity index (χ0n) is 15.8. The van der Waals surface area contributed by atoms with Gasteiger partial charge in [-0.05, 0) is 36.2 Å². The number of rotatable bonds is 6. The van der Waals surface area contributed by atoms with Crippen molar-refractivity contribution in [2.24, 2.45) is 0 Å². The van der Waals surface area contributed by atoms with Gasteiger partial charge in [-0.1, -0.05) is 48.6 Å². The molecular formula is C24H19F3O2. The average molecular weight is 396 g/mol. The molecule has 1 atom stereocenters. The van der Waals surface area contributed by atoms with Crippen molar-refractivity contribution in [2.45, 2.75) is 19.6 Å². The van der Waals surface area contributed by atoms with E-state index in [1.807, 2.05) is 6.92 Å². The maximum absolute atomic E-state index is 14.4. The number of hydrogen-bond acceptors (Lipinski definition) is 2. The molecule has 2 nitrogen and oxygen atoms in total. The van der Waals surface area contributed by atoms with E-state index in [2.05, 4.69) is 0 Å². The Morgan fingerprint density at radius 1 is 1.00 bits per heavy atom. The van der Waals surface area contributed by atoms with Gasteiger partial charge >= 0.3 is 0 Å². The van der Waals surface area contributed by atoms with E-state index < -0.39 is 11.6 Å². The SMILES string of the molecule is C/C=C/c1ccc(COc2ccc(-c3ccc(C4CO4)c(F)c3F)cc2)cc1F. The van der Waals surface area contributed by atoms with Crippen LogP contribution in [0.25, 0.3) is 17.2 Å². The minimum absolute atomic E-state index is 0.181. The van der Waals surface area contributed by atoms with E-state index in [4.69, 9.17) is 9.47 Å². The summed E-state index contributed by atoms with van der Waals surface area (Å²) in [4.78, 5) is 0. The van der Waals surface area contributed by atoms with Crippen LogP contribution < -0.4 is 4.74 Å². The second-order valence-electron chi connectivity index (χ2n) is 6.82. The lowest BCUT2D eigenvalue weighted by atomic mass is 10.0. The summed E-state index contributed by atoms with van der Waals surface area (Å²) in [5, 5.41) is 0. The van der Waals surface area contributed by atoms with E-state index in [1.165, 1.54) is 6.07 Å². The number of allylic oxidation sites excluding steroid dienone is 1. The van der Waals surface area contributed by atoms with Crippen LogP contribution in [0, 0.1) is 17.5 Å². The lowest BCUT2D eigenvalue weighted by Gasteiger charge is -2.10. The highest BCUT2D eigenvalue weighted by Crippen LogP contribution is 2.36. The van der Waals surface area contributed by atoms with Gasteiger partial charge < -0.3 is 9.47 Å². The van der Waals surface area contributed by atoms with Crippen LogP contribution >= 0.6 is 0 Å². The first kappa shape index (κ1) is 19.3. The molecule has 1 aliphatic heterocycles. The molecule has 0 saturated carbocycles. The summed E-state index contributed by atoms with van der Waals surface area (Å²) in [7, 11) is 0. The predicted molar refractivity (Wildman–Crippen MR) is 106 cm³/mol. The Kier molecular flexibility index (Phi) is 5.41. The molecule has 1 aliphatic rings. The molecule has 0 bridgehead atoms. The summed E-state index contributed by atoms with van der Waals surface area (Å²) < 4.78 is 53.3. The lowest BCUT2D eigenvalue weighted by Crippen LogP contribution is -1.98. The Labute approximate surface area is 167 Å². The van der Waals surface area contributed by atoms with Crippen LogP contribution in [0.3, 0.4) is 0 Å². The highest BCUT2D eigenvalue weighted by molar-refractivity contribution is 5.65. The first-order chi connectivity index (χ1) is 14.1. The number of hydrogen-bond donors (Lipinski definition) is 0. The number of benzene rings is 3. The summed E-state index contributed by atoms with van der Waals surface area (Å²) in [6.45, 7) is 2.45. The molecule has 1 fully saturated rings. The van der Waals surface area contributed by atoms with Crippen LogP contribution in [-0.4, -0.2) is 6.61 Å². The largest absolute Gasteiger partial charge is 0.489 e. The van der Waals surface area contributed by atoms with E-state index >= 15 is 0 Å². The molecule has 0 aliphatic carbocycles. The van der Waals surface area contributed by atoms with E-state index in [1.54, 1.807) is 60.7 Å². The fourth-order valence-corrected chi connectivity index (χ4v) is 3.14. The summed E-state index contributed by atoms with van der Waals surface area (Å²) in [5.74, 6) is -1.51. The molecule has 1 heterocycles. The van der Waals surface area contributed by atoms with Gasteiger partial charge in [0.2, 0.25) is 0 Å². The van der Waals surface area contributed by atoms with Crippen molar-refractivity contribution in [3.8, 4) is 16.9 Å². The van der Waals surface area contributed by atoms with Crippen LogP contribution in [0.15, 0.2) is 60.7 Å². The van der Waals surface area contributed by atoms with Crippen LogP contribution in [0.1, 0.15) is 29.7 Å². The van der Waals surface area contributed by atoms with Gasteiger partial charge in [-0.3, -0.25) is 0 Å². The predicted octanol–water partition coefficient (Wildman–Crippen LogP) is 6.45. The van der Waals surface area contributed by atoms with Crippen LogP contribution in [0.4, 0.5) is 13.2 Å². The zero-order valence-corrected chi connectivity index (χ0v) is 15.8. The Morgan fingerprint density at radius 3 is 2.41 bits per heavy atom. The van der Waals surface area contributed by atoms with Crippen LogP contribution in [-0.2, 0) is 11.3 Å². The number of ether oxygens (including phenoxy) is 2. The van der Waals surface area contributed by atoms with E-state index in [0.717, 1.165) is 0 Å². The standard InChI is InChI=1S/C24H19F3O2/c1-2-3-17-5-4-15(12-21(17)25)13-28-18-8-6-16(7-9-18)19-10-11-20(22-14-29-22)24(27)23(19)26/h2-12,22H,13-14H2,1H3/b3-2+. The van der Waals surface area contributed by atoms with Gasteiger partial charge in [0.15, 0.2) is 11.6 Å². The summed E-state index contributed by atoms with van der Waals surface area (Å²) in [5.41, 5.74) is 2.19. The highest BCUT2D eigenvalue weighted by atomic mass is 19.2. The second-order valence-corrected chi connectivity index (χ2v) is 6.82. The van der Waals surface area contributed by atoms with Gasteiger partial charge in [-0.15, -0.1) is 0 Å². The molecule has 29 heavy (non-hydrogen) atoms. The summed E-state index contributed by atoms with van der Waals surface area (Å²) >= 11 is 0. The minimum Gasteiger partial charge on any atom is -0.489 e. The molecular weight excluding hydrogens is 377 g/mol. The third-order valence-corrected chi connectivity index (χ3v) is 4.77. The third kappa shape index (κ3) is 4.20. The van der Waals surface area contributed by atoms with Gasteiger partial charge in [-0.25, -0.2) is 13.2 Å². The lowest BCUT2D eigenvalue weighted by molar-refractivity contribution is 0.305. The molecule has 1 unspecified atom stereocenters. The van der Waals surface area contributed by atoms with Crippen LogP contribution in [0.5, 0.6) is 5.75 Å². The van der Waals surface area contributed by atoms with Crippen molar-refractivity contribution in [1.82, 2.24) is 0 Å². The normalized spacial score (nSPS) is 15.7. The maximum Gasteiger partial charge on any atom is 0.167 e. The van der Waals surface area contributed by atoms with Crippen molar-refractivity contribution in [3.63, 3.8) is 0 Å². The van der Waals surface area contributed by atoms with Gasteiger partial charge in [0.05, 0.1) is 6.61 Å². The molecule has 3 aromatic rings. The quantitative estimate of drug-likeness (QED) is 0.446. The monoisotopic (exact) mass is 396 g/mol. The molecule has 0 aromatic heterocycles. The van der Waals surface area contributed by atoms with Crippen molar-refractivity contribution < 1.29 is 22.6 Å². The summed E-state index contributed by atoms with van der Waals surface area (Å²) in [6, 6.07) is 14.7. The molecule has 4 rings (SSSR count). The Balaban J connectivity index is 1.46. The number of epoxide rings is 1. The van der Waals surface area contributed by atoms with Crippen molar-refractivity contribution in [2.75, 3.05) is 6.61 Å². The Morgan fingerprint density at radius 2 is 1.76 bits per heavy atom. The summed E-state index contributed by atoms with van der Waals surface area (Å²) in [6.07, 6.45) is 3.13. The molecule has 1 saturated heterocycles. The first-order valence-electron chi connectivity index (χ1n) is 9.30. The van der Waals surface area contributed by atoms with E-state index in [-0.39, 0.29) is 29.7 Å². The van der Waals surface area contributed by atoms with Gasteiger partial charge in [-0.2, -0.15) is 0 Å². The average Bonchev–Trinajstić information content (AvgIpc) is 3.56. The maximum atomic E-state index is 14.4. The molecule has 0 amide bonds. The Bertz CT molecular complexity index is 1050. The molecule has 5 heteroatoms. The molecule has 148 valence electrons. The fourth-order valence-electron chi connectivity index (χ4n) is 3.14. The minimum atomic E-state index is -0.886. The van der Waals surface area contributed by atoms with Crippen molar-refractivity contribution in [3.05, 3.63) is 94.8 Å². The van der Waals surface area contributed by atoms with Gasteiger partial charge in [0.1, 0.15) is 24.3 Å². The third-order valence-electron chi connectivity index (χ3n) is 4.77. The van der Waals surface area contributed by atoms with E-state index in [9.17, 15) is 13.2 Å². The van der Waals surface area contributed by atoms with Crippen LogP contribution in [0.2, 0.25) is 0 Å². The highest BCUT2D eigenvalue weighted by Gasteiger charge is 2.30. The topological polar surface area (TPSA) is 21.8 Å². The first-order valence-corrected chi connectivity index (χ1v) is 9.30. The van der Waals surface area contributed by atoms with Gasteiger partial charge in [0.25, 0.3) is 0 Å². The Hall–Kier alpha value is -3.05. The fraction of sp³-hybridized carbons (Fsp3) is 0.167.